The maximum Gasteiger partial charge on any atom is 0.309 e. The van der Waals surface area contributed by atoms with Crippen LogP contribution in [0.25, 0.3) is 0 Å². The number of unbranched alkanes of at least 4 members (excludes halogenated alkanes) is 1. The van der Waals surface area contributed by atoms with Crippen LogP contribution in [0.15, 0.2) is 0 Å². The van der Waals surface area contributed by atoms with Gasteiger partial charge in [-0.25, -0.2) is 0 Å². The van der Waals surface area contributed by atoms with Crippen molar-refractivity contribution < 1.29 is 18.3 Å². The predicted molar refractivity (Wildman–Crippen MR) is 66.8 cm³/mol. The van der Waals surface area contributed by atoms with Gasteiger partial charge < -0.3 is 18.3 Å². The lowest BCUT2D eigenvalue weighted by Crippen LogP contribution is -2.25. The third-order valence-corrected chi connectivity index (χ3v) is 2.71. The largest absolute Gasteiger partial charge is 0.399 e. The monoisotopic (exact) mass is 250 g/mol. The zero-order chi connectivity index (χ0) is 12.1. The van der Waals surface area contributed by atoms with Gasteiger partial charge in [0, 0.05) is 6.61 Å². The molecule has 4 nitrogen and oxygen atoms in total. The molecule has 0 aromatic carbocycles. The Morgan fingerprint density at radius 2 is 1.50 bits per heavy atom. The Labute approximate surface area is 102 Å². The minimum absolute atomic E-state index is 0.520. The first-order valence-electron chi connectivity index (χ1n) is 6.27. The normalized spacial score (nSPS) is 12.0. The van der Waals surface area contributed by atoms with Crippen molar-refractivity contribution in [2.75, 3.05) is 19.8 Å². The second-order valence-electron chi connectivity index (χ2n) is 3.58. The number of ether oxygens (including phenoxy) is 2. The molecule has 0 N–H and O–H groups in total. The molecule has 5 heteroatoms. The van der Waals surface area contributed by atoms with Gasteiger partial charge in [-0.1, -0.05) is 27.2 Å². The summed E-state index contributed by atoms with van der Waals surface area (Å²) in [6.45, 7) is 7.86. The fourth-order valence-electron chi connectivity index (χ4n) is 0.981. The topological polar surface area (TPSA) is 36.9 Å². The minimum atomic E-state index is -0.962. The van der Waals surface area contributed by atoms with Crippen LogP contribution in [-0.4, -0.2) is 36.3 Å². The first-order chi connectivity index (χ1) is 7.85. The minimum Gasteiger partial charge on any atom is -0.399 e. The summed E-state index contributed by atoms with van der Waals surface area (Å²) in [4.78, 5) is 0. The van der Waals surface area contributed by atoms with Gasteiger partial charge in [0.1, 0.15) is 0 Å². The molecule has 0 aromatic heterocycles. The summed E-state index contributed by atoms with van der Waals surface area (Å²) in [7, 11) is -0.962. The molecule has 0 aliphatic heterocycles. The van der Waals surface area contributed by atoms with E-state index in [9.17, 15) is 0 Å². The second-order valence-corrected chi connectivity index (χ2v) is 4.55. The Bertz CT molecular complexity index is 127. The van der Waals surface area contributed by atoms with E-state index in [0.717, 1.165) is 32.3 Å². The van der Waals surface area contributed by atoms with E-state index in [4.69, 9.17) is 18.3 Å². The Morgan fingerprint density at radius 1 is 0.875 bits per heavy atom. The molecule has 0 fully saturated rings. The van der Waals surface area contributed by atoms with Crippen molar-refractivity contribution in [1.82, 2.24) is 0 Å². The molecule has 0 aromatic rings. The highest BCUT2D eigenvalue weighted by atomic mass is 28.3. The molecule has 0 bridgehead atoms. The van der Waals surface area contributed by atoms with Crippen LogP contribution in [0.1, 0.15) is 46.5 Å². The SMILES string of the molecule is CCCCO[SiH2]OC(OCCC)OCCC. The summed E-state index contributed by atoms with van der Waals surface area (Å²) >= 11 is 0. The first kappa shape index (κ1) is 16.1. The van der Waals surface area contributed by atoms with E-state index in [1.54, 1.807) is 0 Å². The molecule has 0 atom stereocenters. The molecule has 0 saturated carbocycles. The standard InChI is InChI=1S/C11H26O4Si/c1-4-7-10-14-16-15-11(12-8-5-2)13-9-6-3/h11H,4-10,16H2,1-3H3. The molecular formula is C11H26O4Si. The van der Waals surface area contributed by atoms with Gasteiger partial charge in [-0.2, -0.15) is 0 Å². The highest BCUT2D eigenvalue weighted by Crippen LogP contribution is 1.99. The van der Waals surface area contributed by atoms with Crippen LogP contribution in [-0.2, 0) is 18.3 Å². The van der Waals surface area contributed by atoms with Gasteiger partial charge in [0.25, 0.3) is 6.48 Å². The van der Waals surface area contributed by atoms with Crippen molar-refractivity contribution in [2.45, 2.75) is 52.9 Å². The van der Waals surface area contributed by atoms with E-state index >= 15 is 0 Å². The third kappa shape index (κ3) is 10.6. The summed E-state index contributed by atoms with van der Waals surface area (Å²) < 4.78 is 21.7. The number of rotatable bonds is 12. The Hall–Kier alpha value is 0.0569. The molecule has 0 aliphatic rings. The van der Waals surface area contributed by atoms with Crippen molar-refractivity contribution in [2.24, 2.45) is 0 Å². The van der Waals surface area contributed by atoms with E-state index in [1.165, 1.54) is 0 Å². The number of hydrogen-bond donors (Lipinski definition) is 0. The van der Waals surface area contributed by atoms with E-state index in [2.05, 4.69) is 20.8 Å². The van der Waals surface area contributed by atoms with Crippen LogP contribution in [0.3, 0.4) is 0 Å². The van der Waals surface area contributed by atoms with Crippen molar-refractivity contribution in [3.63, 3.8) is 0 Å². The maximum atomic E-state index is 5.47. The van der Waals surface area contributed by atoms with Gasteiger partial charge in [0.05, 0.1) is 13.2 Å². The zero-order valence-electron chi connectivity index (χ0n) is 10.9. The lowest BCUT2D eigenvalue weighted by molar-refractivity contribution is -0.251. The van der Waals surface area contributed by atoms with Gasteiger partial charge in [0.2, 0.25) is 0 Å². The molecule has 0 heterocycles. The first-order valence-corrected chi connectivity index (χ1v) is 7.43. The predicted octanol–water partition coefficient (Wildman–Crippen LogP) is 1.96. The summed E-state index contributed by atoms with van der Waals surface area (Å²) in [5.41, 5.74) is 0. The van der Waals surface area contributed by atoms with Gasteiger partial charge >= 0.3 is 10.0 Å². The lowest BCUT2D eigenvalue weighted by atomic mass is 10.4. The smallest absolute Gasteiger partial charge is 0.309 e. The Kier molecular flexibility index (Phi) is 13.2. The highest BCUT2D eigenvalue weighted by Gasteiger charge is 2.08. The van der Waals surface area contributed by atoms with Crippen LogP contribution in [0.5, 0.6) is 0 Å². The van der Waals surface area contributed by atoms with Crippen molar-refractivity contribution in [3.05, 3.63) is 0 Å². The second kappa shape index (κ2) is 13.1. The highest BCUT2D eigenvalue weighted by molar-refractivity contribution is 6.17. The number of hydrogen-bond acceptors (Lipinski definition) is 4. The van der Waals surface area contributed by atoms with E-state index in [0.29, 0.717) is 13.2 Å². The Balaban J connectivity index is 3.48. The summed E-state index contributed by atoms with van der Waals surface area (Å²) in [5, 5.41) is 0. The molecule has 0 rings (SSSR count). The molecule has 0 aliphatic carbocycles. The zero-order valence-corrected chi connectivity index (χ0v) is 12.3. The molecular weight excluding hydrogens is 224 g/mol. The van der Waals surface area contributed by atoms with Crippen molar-refractivity contribution in [3.8, 4) is 0 Å². The van der Waals surface area contributed by atoms with Gasteiger partial charge in [-0.15, -0.1) is 0 Å². The van der Waals surface area contributed by atoms with Crippen LogP contribution >= 0.6 is 0 Å². The molecule has 98 valence electrons. The summed E-state index contributed by atoms with van der Waals surface area (Å²) in [6.07, 6.45) is 4.17. The third-order valence-electron chi connectivity index (χ3n) is 1.85. The van der Waals surface area contributed by atoms with E-state index in [-0.39, 0.29) is 0 Å². The van der Waals surface area contributed by atoms with E-state index in [1.807, 2.05) is 0 Å². The molecule has 0 amide bonds. The van der Waals surface area contributed by atoms with Gasteiger partial charge in [-0.3, -0.25) is 0 Å². The molecule has 0 unspecified atom stereocenters. The molecule has 16 heavy (non-hydrogen) atoms. The maximum absolute atomic E-state index is 5.47. The van der Waals surface area contributed by atoms with Crippen LogP contribution in [0.2, 0.25) is 0 Å². The fraction of sp³-hybridized carbons (Fsp3) is 1.00. The molecule has 0 spiro atoms. The van der Waals surface area contributed by atoms with Crippen molar-refractivity contribution in [1.29, 1.82) is 0 Å². The lowest BCUT2D eigenvalue weighted by Gasteiger charge is -2.18. The average molecular weight is 250 g/mol. The summed E-state index contributed by atoms with van der Waals surface area (Å²) in [6, 6.07) is 0. The van der Waals surface area contributed by atoms with Crippen LogP contribution in [0, 0.1) is 0 Å². The fourth-order valence-corrected chi connectivity index (χ4v) is 1.70. The Morgan fingerprint density at radius 3 is 2.00 bits per heavy atom. The van der Waals surface area contributed by atoms with Crippen molar-refractivity contribution >= 4 is 10.0 Å². The van der Waals surface area contributed by atoms with Crippen LogP contribution in [0.4, 0.5) is 0 Å². The van der Waals surface area contributed by atoms with Gasteiger partial charge in [0.15, 0.2) is 0 Å². The van der Waals surface area contributed by atoms with Gasteiger partial charge in [-0.05, 0) is 19.3 Å². The van der Waals surface area contributed by atoms with Crippen LogP contribution < -0.4 is 0 Å². The molecule has 0 radical (unpaired) electrons. The quantitative estimate of drug-likeness (QED) is 0.301. The summed E-state index contributed by atoms with van der Waals surface area (Å²) in [5.74, 6) is 0. The van der Waals surface area contributed by atoms with E-state index < -0.39 is 16.5 Å². The molecule has 0 saturated heterocycles. The average Bonchev–Trinajstić information content (AvgIpc) is 2.31.